The maximum Gasteiger partial charge on any atom is 0.197 e. The molecule has 2 aromatic heterocycles. The van der Waals surface area contributed by atoms with Crippen LogP contribution >= 0.6 is 34.3 Å². The minimum absolute atomic E-state index is 0.189. The zero-order valence-electron chi connectivity index (χ0n) is 15.6. The number of hydrogen-bond donors (Lipinski definition) is 0. The van der Waals surface area contributed by atoms with Crippen LogP contribution in [0.5, 0.6) is 0 Å². The van der Waals surface area contributed by atoms with Gasteiger partial charge in [0.05, 0.1) is 10.3 Å². The summed E-state index contributed by atoms with van der Waals surface area (Å²) in [5, 5.41) is 1.46. The zero-order chi connectivity index (χ0) is 20.3. The predicted octanol–water partition coefficient (Wildman–Crippen LogP) is 6.76. The Labute approximate surface area is 180 Å². The number of fused-ring (bicyclic) bond motifs is 2. The van der Waals surface area contributed by atoms with E-state index in [4.69, 9.17) is 16.6 Å². The molecule has 1 aliphatic carbocycles. The molecule has 0 amide bonds. The minimum Gasteiger partial charge on any atom is -0.288 e. The van der Waals surface area contributed by atoms with Crippen molar-refractivity contribution < 1.29 is 9.59 Å². The number of ketones is 2. The summed E-state index contributed by atoms with van der Waals surface area (Å²) in [6.07, 6.45) is 1.68. The average Bonchev–Trinajstić information content (AvgIpc) is 3.31. The summed E-state index contributed by atoms with van der Waals surface area (Å²) in [5.41, 5.74) is 4.10. The quantitative estimate of drug-likeness (QED) is 0.258. The molecule has 0 unspecified atom stereocenters. The van der Waals surface area contributed by atoms with Gasteiger partial charge in [-0.05, 0) is 43.7 Å². The normalized spacial score (nSPS) is 14.9. The van der Waals surface area contributed by atoms with Crippen molar-refractivity contribution in [1.82, 2.24) is 4.98 Å². The molecule has 5 rings (SSSR count). The Morgan fingerprint density at radius 1 is 0.931 bits per heavy atom. The van der Waals surface area contributed by atoms with E-state index in [-0.39, 0.29) is 17.1 Å². The molecular weight excluding hydrogens is 422 g/mol. The monoisotopic (exact) mass is 435 g/mol. The number of halogens is 1. The number of carbonyl (C=O) groups excluding carboxylic acids is 2. The van der Waals surface area contributed by atoms with Gasteiger partial charge in [0.1, 0.15) is 9.84 Å². The van der Waals surface area contributed by atoms with Crippen LogP contribution < -0.4 is 0 Å². The molecule has 0 bridgehead atoms. The summed E-state index contributed by atoms with van der Waals surface area (Å²) >= 11 is 9.23. The number of nitrogens with zero attached hydrogens (tertiary/aromatic N) is 1. The molecule has 29 heavy (non-hydrogen) atoms. The number of aryl methyl sites for hydroxylation is 2. The van der Waals surface area contributed by atoms with Crippen molar-refractivity contribution in [1.29, 1.82) is 0 Å². The van der Waals surface area contributed by atoms with Crippen molar-refractivity contribution >= 4 is 61.4 Å². The molecule has 2 heterocycles. The Morgan fingerprint density at radius 3 is 2.31 bits per heavy atom. The van der Waals surface area contributed by atoms with Crippen LogP contribution in [0.3, 0.4) is 0 Å². The van der Waals surface area contributed by atoms with E-state index in [0.29, 0.717) is 16.1 Å². The molecule has 6 heteroatoms. The van der Waals surface area contributed by atoms with Gasteiger partial charge in [0.25, 0.3) is 0 Å². The molecule has 0 aliphatic heterocycles. The van der Waals surface area contributed by atoms with Crippen LogP contribution in [-0.4, -0.2) is 16.6 Å². The predicted molar refractivity (Wildman–Crippen MR) is 120 cm³/mol. The Morgan fingerprint density at radius 2 is 1.62 bits per heavy atom. The van der Waals surface area contributed by atoms with Gasteiger partial charge in [-0.2, -0.15) is 0 Å². The summed E-state index contributed by atoms with van der Waals surface area (Å²) < 4.78 is 1.05. The third kappa shape index (κ3) is 3.06. The zero-order valence-corrected chi connectivity index (χ0v) is 18.0. The molecule has 0 spiro atoms. The summed E-state index contributed by atoms with van der Waals surface area (Å²) in [4.78, 5) is 32.0. The Hall–Kier alpha value is -2.60. The van der Waals surface area contributed by atoms with Crippen LogP contribution in [-0.2, 0) is 0 Å². The van der Waals surface area contributed by atoms with Crippen molar-refractivity contribution in [2.45, 2.75) is 13.8 Å². The Kier molecular flexibility index (Phi) is 4.28. The summed E-state index contributed by atoms with van der Waals surface area (Å²) in [7, 11) is 0. The number of thiazole rings is 1. The van der Waals surface area contributed by atoms with Gasteiger partial charge in [0.15, 0.2) is 11.6 Å². The first kappa shape index (κ1) is 18.4. The van der Waals surface area contributed by atoms with E-state index in [0.717, 1.165) is 30.5 Å². The number of benzene rings is 2. The van der Waals surface area contributed by atoms with Gasteiger partial charge in [-0.15, -0.1) is 22.7 Å². The highest BCUT2D eigenvalue weighted by molar-refractivity contribution is 7.29. The van der Waals surface area contributed by atoms with Gasteiger partial charge < -0.3 is 0 Å². The van der Waals surface area contributed by atoms with Crippen molar-refractivity contribution in [3.05, 3.63) is 80.2 Å². The third-order valence-electron chi connectivity index (χ3n) is 4.97. The van der Waals surface area contributed by atoms with Crippen molar-refractivity contribution in [3.8, 4) is 10.6 Å². The molecule has 0 atom stereocenters. The fourth-order valence-corrected chi connectivity index (χ4v) is 5.70. The number of Topliss-reactive ketones (excluding diaryl/α,β-unsaturated/α-hetero) is 2. The Bertz CT molecular complexity index is 1290. The van der Waals surface area contributed by atoms with E-state index in [1.807, 2.05) is 13.0 Å². The lowest BCUT2D eigenvalue weighted by molar-refractivity contribution is 0.0990. The third-order valence-corrected chi connectivity index (χ3v) is 7.53. The molecule has 1 aliphatic rings. The lowest BCUT2D eigenvalue weighted by Crippen LogP contribution is -1.99. The molecule has 0 N–H and O–H groups in total. The maximum atomic E-state index is 12.8. The van der Waals surface area contributed by atoms with Gasteiger partial charge >= 0.3 is 0 Å². The first-order chi connectivity index (χ1) is 13.9. The molecule has 3 nitrogen and oxygen atoms in total. The molecule has 2 aromatic carbocycles. The van der Waals surface area contributed by atoms with E-state index in [2.05, 4.69) is 31.2 Å². The van der Waals surface area contributed by atoms with Crippen molar-refractivity contribution in [3.63, 3.8) is 0 Å². The number of rotatable bonds is 2. The minimum atomic E-state index is -0.267. The summed E-state index contributed by atoms with van der Waals surface area (Å²) in [6.45, 7) is 3.88. The van der Waals surface area contributed by atoms with Crippen LogP contribution in [0.4, 0.5) is 0 Å². The number of aromatic nitrogens is 1. The highest BCUT2D eigenvalue weighted by Crippen LogP contribution is 2.38. The smallest absolute Gasteiger partial charge is 0.197 e. The number of thiophene rings is 1. The molecule has 0 radical (unpaired) electrons. The average molecular weight is 436 g/mol. The maximum absolute atomic E-state index is 12.8. The van der Waals surface area contributed by atoms with E-state index >= 15 is 0 Å². The first-order valence-electron chi connectivity index (χ1n) is 8.99. The first-order valence-corrected chi connectivity index (χ1v) is 11.0. The van der Waals surface area contributed by atoms with E-state index in [1.165, 1.54) is 16.9 Å². The summed E-state index contributed by atoms with van der Waals surface area (Å²) in [6, 6.07) is 13.6. The van der Waals surface area contributed by atoms with Gasteiger partial charge in [-0.1, -0.05) is 41.4 Å². The molecule has 0 fully saturated rings. The molecule has 0 saturated heterocycles. The second-order valence-electron chi connectivity index (χ2n) is 7.07. The van der Waals surface area contributed by atoms with Crippen LogP contribution in [0.25, 0.3) is 26.2 Å². The van der Waals surface area contributed by atoms with Gasteiger partial charge in [-0.3, -0.25) is 9.59 Å². The van der Waals surface area contributed by atoms with Crippen LogP contribution in [0, 0.1) is 13.8 Å². The molecular formula is C23H14ClNO2S2. The van der Waals surface area contributed by atoms with Crippen molar-refractivity contribution in [2.24, 2.45) is 0 Å². The van der Waals surface area contributed by atoms with E-state index in [1.54, 1.807) is 29.5 Å². The SMILES string of the molecule is Cc1ccc(-c2nc3sc(/C=C4/C(=O)c5cc(C)c(Cl)cc5C4=O)cc3s2)cc1. The van der Waals surface area contributed by atoms with Gasteiger partial charge in [-0.25, -0.2) is 4.98 Å². The lowest BCUT2D eigenvalue weighted by atomic mass is 10.1. The second-order valence-corrected chi connectivity index (χ2v) is 9.57. The highest BCUT2D eigenvalue weighted by Gasteiger charge is 2.33. The molecule has 4 aromatic rings. The fraction of sp³-hybridized carbons (Fsp3) is 0.0870. The van der Waals surface area contributed by atoms with Gasteiger partial charge in [0.2, 0.25) is 0 Å². The van der Waals surface area contributed by atoms with Gasteiger partial charge in [0, 0.05) is 26.6 Å². The Balaban J connectivity index is 1.51. The highest BCUT2D eigenvalue weighted by atomic mass is 35.5. The fourth-order valence-electron chi connectivity index (χ4n) is 3.37. The topological polar surface area (TPSA) is 47.0 Å². The number of hydrogen-bond acceptors (Lipinski definition) is 5. The van der Waals surface area contributed by atoms with Crippen LogP contribution in [0.15, 0.2) is 48.0 Å². The largest absolute Gasteiger partial charge is 0.288 e. The van der Waals surface area contributed by atoms with Crippen LogP contribution in [0.2, 0.25) is 5.02 Å². The lowest BCUT2D eigenvalue weighted by Gasteiger charge is -2.00. The number of allylic oxidation sites excluding steroid dienone is 1. The standard InChI is InChI=1S/C23H14ClNO2S2/c1-11-3-5-13(6-4-11)22-25-23-19(29-22)9-14(28-23)8-17-20(26)15-7-12(2)18(24)10-16(15)21(17)27/h3-10H,1-2H3/b17-8-. The number of carbonyl (C=O) groups is 2. The van der Waals surface area contributed by atoms with Crippen LogP contribution in [0.1, 0.15) is 36.7 Å². The summed E-state index contributed by atoms with van der Waals surface area (Å²) in [5.74, 6) is -0.508. The molecule has 142 valence electrons. The van der Waals surface area contributed by atoms with Crippen molar-refractivity contribution in [2.75, 3.05) is 0 Å². The van der Waals surface area contributed by atoms with E-state index < -0.39 is 0 Å². The molecule has 0 saturated carbocycles. The van der Waals surface area contributed by atoms with E-state index in [9.17, 15) is 9.59 Å². The second kappa shape index (κ2) is 6.73.